The van der Waals surface area contributed by atoms with E-state index in [0.29, 0.717) is 17.1 Å². The summed E-state index contributed by atoms with van der Waals surface area (Å²) in [6, 6.07) is 20.4. The Hall–Kier alpha value is -3.86. The molecule has 0 saturated carbocycles. The van der Waals surface area contributed by atoms with Crippen LogP contribution in [-0.4, -0.2) is 18.9 Å². The summed E-state index contributed by atoms with van der Waals surface area (Å²) in [5, 5.41) is 0. The van der Waals surface area contributed by atoms with Gasteiger partial charge in [0.05, 0.1) is 19.1 Å². The average Bonchev–Trinajstić information content (AvgIpc) is 3.09. The molecule has 0 N–H and O–H groups in total. The Morgan fingerprint density at radius 3 is 2.43 bits per heavy atom. The molecular weight excluding hydrogens is 380 g/mol. The third kappa shape index (κ3) is 3.05. The second kappa shape index (κ2) is 7.19. The number of methoxy groups -OCH3 is 1. The Morgan fingerprint density at radius 2 is 1.70 bits per heavy atom. The molecule has 0 saturated heterocycles. The molecule has 148 valence electrons. The zero-order chi connectivity index (χ0) is 20.7. The van der Waals surface area contributed by atoms with Crippen LogP contribution < -0.4 is 14.2 Å². The van der Waals surface area contributed by atoms with Gasteiger partial charge < -0.3 is 14.2 Å². The molecule has 5 nitrogen and oxygen atoms in total. The van der Waals surface area contributed by atoms with Crippen LogP contribution in [0.4, 0.5) is 0 Å². The second-order valence-corrected chi connectivity index (χ2v) is 7.21. The number of benzene rings is 3. The number of ether oxygens (including phenoxy) is 3. The van der Waals surface area contributed by atoms with Gasteiger partial charge in [0.15, 0.2) is 5.76 Å². The lowest BCUT2D eigenvalue weighted by Crippen LogP contribution is -2.21. The van der Waals surface area contributed by atoms with Crippen molar-refractivity contribution in [1.82, 2.24) is 0 Å². The number of fused-ring (bicyclic) bond motifs is 3. The molecule has 0 bridgehead atoms. The molecule has 0 amide bonds. The molecule has 3 aromatic rings. The van der Waals surface area contributed by atoms with Gasteiger partial charge in [0.2, 0.25) is 5.78 Å². The predicted molar refractivity (Wildman–Crippen MR) is 111 cm³/mol. The molecule has 5 heteroatoms. The monoisotopic (exact) mass is 398 g/mol. The molecule has 0 aliphatic carbocycles. The fourth-order valence-corrected chi connectivity index (χ4v) is 3.93. The standard InChI is InChI=1S/C25H18O5/c1-28-17-9-7-15(8-10-17)13-21-24(27)18-11-12-20-23(25(18)30-21)19(14-22(26)29-20)16-5-3-2-4-6-16/h2-13,19H,14H2,1H3/b21-13-. The first-order chi connectivity index (χ1) is 14.6. The van der Waals surface area contributed by atoms with Gasteiger partial charge in [0.25, 0.3) is 0 Å². The first-order valence-electron chi connectivity index (χ1n) is 9.65. The molecular formula is C25H18O5. The predicted octanol–water partition coefficient (Wildman–Crippen LogP) is 4.75. The zero-order valence-electron chi connectivity index (χ0n) is 16.3. The summed E-state index contributed by atoms with van der Waals surface area (Å²) >= 11 is 0. The van der Waals surface area contributed by atoms with E-state index in [1.165, 1.54) is 0 Å². The van der Waals surface area contributed by atoms with Crippen LogP contribution in [0.3, 0.4) is 0 Å². The molecule has 0 spiro atoms. The van der Waals surface area contributed by atoms with Crippen LogP contribution in [0.5, 0.6) is 17.2 Å². The van der Waals surface area contributed by atoms with Crippen LogP contribution in [0.15, 0.2) is 72.5 Å². The first kappa shape index (κ1) is 18.2. The summed E-state index contributed by atoms with van der Waals surface area (Å²) in [6.07, 6.45) is 1.91. The van der Waals surface area contributed by atoms with E-state index in [1.807, 2.05) is 54.6 Å². The smallest absolute Gasteiger partial charge is 0.312 e. The van der Waals surface area contributed by atoms with E-state index in [9.17, 15) is 9.59 Å². The fourth-order valence-electron chi connectivity index (χ4n) is 3.93. The van der Waals surface area contributed by atoms with Crippen molar-refractivity contribution in [3.8, 4) is 17.2 Å². The quantitative estimate of drug-likeness (QED) is 0.362. The fraction of sp³-hybridized carbons (Fsp3) is 0.120. The van der Waals surface area contributed by atoms with Gasteiger partial charge in [-0.2, -0.15) is 0 Å². The molecule has 30 heavy (non-hydrogen) atoms. The zero-order valence-corrected chi connectivity index (χ0v) is 16.3. The SMILES string of the molecule is COc1ccc(/C=C2\Oc3c(ccc4c3C(c3ccccc3)CC(=O)O4)C2=O)cc1. The molecule has 3 aromatic carbocycles. The highest BCUT2D eigenvalue weighted by molar-refractivity contribution is 6.15. The Bertz CT molecular complexity index is 1180. The maximum Gasteiger partial charge on any atom is 0.312 e. The van der Waals surface area contributed by atoms with Crippen molar-refractivity contribution in [3.05, 3.63) is 94.7 Å². The Morgan fingerprint density at radius 1 is 0.933 bits per heavy atom. The number of allylic oxidation sites excluding steroid dienone is 1. The van der Waals surface area contributed by atoms with E-state index in [0.717, 1.165) is 22.4 Å². The van der Waals surface area contributed by atoms with Crippen molar-refractivity contribution >= 4 is 17.8 Å². The van der Waals surface area contributed by atoms with Crippen LogP contribution in [0.1, 0.15) is 39.4 Å². The number of Topliss-reactive ketones (excluding diaryl/α,β-unsaturated/α-hetero) is 1. The molecule has 0 fully saturated rings. The van der Waals surface area contributed by atoms with E-state index in [-0.39, 0.29) is 29.9 Å². The molecule has 0 radical (unpaired) electrons. The average molecular weight is 398 g/mol. The number of ketones is 1. The van der Waals surface area contributed by atoms with Gasteiger partial charge in [-0.15, -0.1) is 0 Å². The third-order valence-corrected chi connectivity index (χ3v) is 5.40. The van der Waals surface area contributed by atoms with Gasteiger partial charge >= 0.3 is 5.97 Å². The Balaban J connectivity index is 1.58. The molecule has 1 unspecified atom stereocenters. The minimum atomic E-state index is -0.297. The maximum absolute atomic E-state index is 13.0. The lowest BCUT2D eigenvalue weighted by atomic mass is 9.85. The largest absolute Gasteiger partial charge is 0.497 e. The highest BCUT2D eigenvalue weighted by atomic mass is 16.5. The normalized spacial score (nSPS) is 18.4. The summed E-state index contributed by atoms with van der Waals surface area (Å²) in [7, 11) is 1.60. The van der Waals surface area contributed by atoms with Crippen molar-refractivity contribution in [2.45, 2.75) is 12.3 Å². The summed E-state index contributed by atoms with van der Waals surface area (Å²) < 4.78 is 16.7. The number of esters is 1. The Kier molecular flexibility index (Phi) is 4.36. The van der Waals surface area contributed by atoms with Gasteiger partial charge in [-0.1, -0.05) is 42.5 Å². The van der Waals surface area contributed by atoms with E-state index in [4.69, 9.17) is 14.2 Å². The van der Waals surface area contributed by atoms with Crippen molar-refractivity contribution in [3.63, 3.8) is 0 Å². The molecule has 5 rings (SSSR count). The summed E-state index contributed by atoms with van der Waals surface area (Å²) in [5.41, 5.74) is 3.02. The van der Waals surface area contributed by atoms with E-state index in [2.05, 4.69) is 0 Å². The van der Waals surface area contributed by atoms with Crippen molar-refractivity contribution in [1.29, 1.82) is 0 Å². The molecule has 2 aliphatic heterocycles. The van der Waals surface area contributed by atoms with Crippen LogP contribution in [0.2, 0.25) is 0 Å². The second-order valence-electron chi connectivity index (χ2n) is 7.21. The number of hydrogen-bond donors (Lipinski definition) is 0. The van der Waals surface area contributed by atoms with E-state index >= 15 is 0 Å². The maximum atomic E-state index is 13.0. The van der Waals surface area contributed by atoms with Crippen LogP contribution in [0.25, 0.3) is 6.08 Å². The van der Waals surface area contributed by atoms with Gasteiger partial charge in [0, 0.05) is 11.5 Å². The number of carbonyl (C=O) groups is 2. The van der Waals surface area contributed by atoms with E-state index < -0.39 is 0 Å². The molecule has 2 aliphatic rings. The number of hydrogen-bond acceptors (Lipinski definition) is 5. The molecule has 2 heterocycles. The van der Waals surface area contributed by atoms with Gasteiger partial charge in [-0.3, -0.25) is 9.59 Å². The van der Waals surface area contributed by atoms with Crippen molar-refractivity contribution in [2.24, 2.45) is 0 Å². The van der Waals surface area contributed by atoms with Crippen molar-refractivity contribution < 1.29 is 23.8 Å². The third-order valence-electron chi connectivity index (χ3n) is 5.40. The summed E-state index contributed by atoms with van der Waals surface area (Å²) in [4.78, 5) is 25.2. The molecule has 1 atom stereocenters. The van der Waals surface area contributed by atoms with Crippen LogP contribution in [-0.2, 0) is 4.79 Å². The molecule has 0 aromatic heterocycles. The highest BCUT2D eigenvalue weighted by Gasteiger charge is 2.38. The van der Waals surface area contributed by atoms with Gasteiger partial charge in [0.1, 0.15) is 17.2 Å². The van der Waals surface area contributed by atoms with E-state index in [1.54, 1.807) is 25.3 Å². The number of carbonyl (C=O) groups excluding carboxylic acids is 2. The topological polar surface area (TPSA) is 61.8 Å². The Labute approximate surface area is 173 Å². The van der Waals surface area contributed by atoms with Gasteiger partial charge in [-0.05, 0) is 41.5 Å². The first-order valence-corrected chi connectivity index (χ1v) is 9.65. The van der Waals surface area contributed by atoms with Crippen molar-refractivity contribution in [2.75, 3.05) is 7.11 Å². The minimum Gasteiger partial charge on any atom is -0.497 e. The highest BCUT2D eigenvalue weighted by Crippen LogP contribution is 2.48. The van der Waals surface area contributed by atoms with Crippen LogP contribution >= 0.6 is 0 Å². The van der Waals surface area contributed by atoms with Crippen LogP contribution in [0, 0.1) is 0 Å². The number of rotatable bonds is 3. The summed E-state index contributed by atoms with van der Waals surface area (Å²) in [5.74, 6) is 1.18. The van der Waals surface area contributed by atoms with Gasteiger partial charge in [-0.25, -0.2) is 0 Å². The summed E-state index contributed by atoms with van der Waals surface area (Å²) in [6.45, 7) is 0. The lowest BCUT2D eigenvalue weighted by Gasteiger charge is -2.26. The lowest BCUT2D eigenvalue weighted by molar-refractivity contribution is -0.135. The minimum absolute atomic E-state index is 0.188.